The largest absolute Gasteiger partial charge is 0.357 e. The zero-order valence-corrected chi connectivity index (χ0v) is 20.9. The fourth-order valence-corrected chi connectivity index (χ4v) is 3.83. The molecule has 0 radical (unpaired) electrons. The number of halogens is 1. The minimum atomic E-state index is -0.349. The van der Waals surface area contributed by atoms with Crippen LogP contribution in [0.1, 0.15) is 55.5 Å². The second-order valence-corrected chi connectivity index (χ2v) is 7.80. The van der Waals surface area contributed by atoms with Crippen LogP contribution in [0.3, 0.4) is 0 Å². The van der Waals surface area contributed by atoms with E-state index < -0.39 is 0 Å². The lowest BCUT2D eigenvalue weighted by atomic mass is 9.84. The maximum Gasteiger partial charge on any atom is 0.251 e. The molecule has 1 aromatic carbocycles. The normalized spacial score (nSPS) is 15.1. The summed E-state index contributed by atoms with van der Waals surface area (Å²) in [4.78, 5) is 31.2. The number of hydrogen-bond donors (Lipinski definition) is 3. The number of rotatable bonds is 8. The molecule has 0 atom stereocenters. The summed E-state index contributed by atoms with van der Waals surface area (Å²) >= 11 is 0. The third-order valence-corrected chi connectivity index (χ3v) is 5.31. The van der Waals surface area contributed by atoms with Crippen molar-refractivity contribution in [2.75, 3.05) is 33.7 Å². The summed E-state index contributed by atoms with van der Waals surface area (Å²) in [5.74, 6) is 0.801. The van der Waals surface area contributed by atoms with Gasteiger partial charge in [-0.25, -0.2) is 4.99 Å². The summed E-state index contributed by atoms with van der Waals surface area (Å²) in [5.41, 5.74) is 1.25. The van der Waals surface area contributed by atoms with E-state index in [1.54, 1.807) is 11.0 Å². The molecular weight excluding hydrogens is 493 g/mol. The lowest BCUT2D eigenvalue weighted by Gasteiger charge is -2.31. The molecular formula is C22H36IN5O2. The van der Waals surface area contributed by atoms with Crippen LogP contribution < -0.4 is 16.0 Å². The highest BCUT2D eigenvalue weighted by atomic mass is 127. The maximum absolute atomic E-state index is 12.8. The number of amides is 2. The van der Waals surface area contributed by atoms with Crippen LogP contribution in [0, 0.1) is 5.41 Å². The van der Waals surface area contributed by atoms with Crippen molar-refractivity contribution in [2.45, 2.75) is 46.1 Å². The molecule has 0 bridgehead atoms. The van der Waals surface area contributed by atoms with Gasteiger partial charge >= 0.3 is 0 Å². The average Bonchev–Trinajstić information content (AvgIpc) is 3.20. The molecule has 1 aliphatic rings. The first-order valence-electron chi connectivity index (χ1n) is 10.5. The molecule has 0 heterocycles. The van der Waals surface area contributed by atoms with Crippen LogP contribution in [0.25, 0.3) is 0 Å². The Balaban J connectivity index is 0.00000450. The summed E-state index contributed by atoms with van der Waals surface area (Å²) in [5, 5.41) is 9.45. The van der Waals surface area contributed by atoms with Crippen molar-refractivity contribution in [1.29, 1.82) is 0 Å². The predicted molar refractivity (Wildman–Crippen MR) is 132 cm³/mol. The van der Waals surface area contributed by atoms with Crippen molar-refractivity contribution in [3.63, 3.8) is 0 Å². The third-order valence-electron chi connectivity index (χ3n) is 5.31. The Morgan fingerprint density at radius 2 is 1.73 bits per heavy atom. The van der Waals surface area contributed by atoms with Crippen LogP contribution in [-0.4, -0.2) is 56.4 Å². The van der Waals surface area contributed by atoms with E-state index in [1.165, 1.54) is 0 Å². The minimum absolute atomic E-state index is 0. The van der Waals surface area contributed by atoms with Crippen molar-refractivity contribution >= 4 is 41.8 Å². The molecule has 0 aliphatic heterocycles. The van der Waals surface area contributed by atoms with E-state index in [0.717, 1.165) is 37.8 Å². The van der Waals surface area contributed by atoms with Crippen molar-refractivity contribution in [1.82, 2.24) is 20.9 Å². The Labute approximate surface area is 197 Å². The summed E-state index contributed by atoms with van der Waals surface area (Å²) in [6.07, 6.45) is 3.99. The molecule has 7 nitrogen and oxygen atoms in total. The van der Waals surface area contributed by atoms with Gasteiger partial charge in [-0.2, -0.15) is 0 Å². The summed E-state index contributed by atoms with van der Waals surface area (Å²) in [7, 11) is 3.65. The first kappa shape index (κ1) is 26.2. The highest BCUT2D eigenvalue weighted by Gasteiger charge is 2.42. The molecule has 0 saturated heterocycles. The van der Waals surface area contributed by atoms with Crippen molar-refractivity contribution < 1.29 is 9.59 Å². The number of carbonyl (C=O) groups excluding carboxylic acids is 2. The van der Waals surface area contributed by atoms with Gasteiger partial charge in [0.1, 0.15) is 0 Å². The van der Waals surface area contributed by atoms with E-state index >= 15 is 0 Å². The molecule has 168 valence electrons. The quantitative estimate of drug-likeness (QED) is 0.275. The summed E-state index contributed by atoms with van der Waals surface area (Å²) in [6, 6.07) is 7.51. The van der Waals surface area contributed by atoms with Gasteiger partial charge in [-0.1, -0.05) is 25.0 Å². The smallest absolute Gasteiger partial charge is 0.251 e. The molecule has 1 saturated carbocycles. The number of benzene rings is 1. The van der Waals surface area contributed by atoms with Gasteiger partial charge in [-0.3, -0.25) is 9.59 Å². The average molecular weight is 529 g/mol. The number of hydrogen-bond acceptors (Lipinski definition) is 3. The molecule has 30 heavy (non-hydrogen) atoms. The zero-order chi connectivity index (χ0) is 21.3. The van der Waals surface area contributed by atoms with E-state index in [4.69, 9.17) is 0 Å². The van der Waals surface area contributed by atoms with Gasteiger partial charge in [-0.05, 0) is 44.4 Å². The van der Waals surface area contributed by atoms with E-state index in [9.17, 15) is 9.59 Å². The molecule has 0 aromatic heterocycles. The fraction of sp³-hybridized carbons (Fsp3) is 0.591. The standard InChI is InChI=1S/C22H35N5O2.HI/c1-5-23-19(28)18-11-9-10-17(14-18)15-25-21(24-6-2)26-16-22(12-7-8-13-22)20(29)27(3)4;/h9-11,14H,5-8,12-13,15-16H2,1-4H3,(H,23,28)(H2,24,25,26);1H. The van der Waals surface area contributed by atoms with Gasteiger partial charge in [0, 0.05) is 39.3 Å². The van der Waals surface area contributed by atoms with Gasteiger partial charge in [0.2, 0.25) is 5.91 Å². The molecule has 2 rings (SSSR count). The first-order valence-corrected chi connectivity index (χ1v) is 10.5. The van der Waals surface area contributed by atoms with Crippen molar-refractivity contribution in [3.05, 3.63) is 35.4 Å². The third kappa shape index (κ3) is 7.14. The predicted octanol–water partition coefficient (Wildman–Crippen LogP) is 2.76. The van der Waals surface area contributed by atoms with Crippen LogP contribution in [0.2, 0.25) is 0 Å². The monoisotopic (exact) mass is 529 g/mol. The Bertz CT molecular complexity index is 730. The van der Waals surface area contributed by atoms with E-state index in [2.05, 4.69) is 20.9 Å². The van der Waals surface area contributed by atoms with E-state index in [-0.39, 0.29) is 41.2 Å². The summed E-state index contributed by atoms with van der Waals surface area (Å²) in [6.45, 7) is 6.29. The topological polar surface area (TPSA) is 85.8 Å². The SMILES string of the molecule is CCNC(=O)c1cccc(CN=C(NCC)NCC2(C(=O)N(C)C)CCCC2)c1.I. The molecule has 0 unspecified atom stereocenters. The minimum Gasteiger partial charge on any atom is -0.357 e. The molecule has 1 fully saturated rings. The van der Waals surface area contributed by atoms with Gasteiger partial charge in [0.25, 0.3) is 5.91 Å². The Hall–Kier alpha value is -1.84. The van der Waals surface area contributed by atoms with Crippen LogP contribution in [0.4, 0.5) is 0 Å². The Morgan fingerprint density at radius 1 is 1.07 bits per heavy atom. The van der Waals surface area contributed by atoms with E-state index in [1.807, 2.05) is 46.1 Å². The van der Waals surface area contributed by atoms with Gasteiger partial charge < -0.3 is 20.9 Å². The number of carbonyl (C=O) groups is 2. The lowest BCUT2D eigenvalue weighted by molar-refractivity contribution is -0.138. The first-order chi connectivity index (χ1) is 13.9. The van der Waals surface area contributed by atoms with Crippen LogP contribution >= 0.6 is 24.0 Å². The Kier molecular flexibility index (Phi) is 11.1. The molecule has 1 aliphatic carbocycles. The number of aliphatic imine (C=N–C) groups is 1. The highest BCUT2D eigenvalue weighted by Crippen LogP contribution is 2.38. The molecule has 1 aromatic rings. The fourth-order valence-electron chi connectivity index (χ4n) is 3.83. The number of guanidine groups is 1. The lowest BCUT2D eigenvalue weighted by Crippen LogP contribution is -2.49. The second-order valence-electron chi connectivity index (χ2n) is 7.80. The molecule has 3 N–H and O–H groups in total. The van der Waals surface area contributed by atoms with Crippen molar-refractivity contribution in [3.8, 4) is 0 Å². The number of nitrogens with one attached hydrogen (secondary N) is 3. The second kappa shape index (κ2) is 12.8. The van der Waals surface area contributed by atoms with Crippen LogP contribution in [0.15, 0.2) is 29.3 Å². The van der Waals surface area contributed by atoms with Crippen molar-refractivity contribution in [2.24, 2.45) is 10.4 Å². The Morgan fingerprint density at radius 3 is 2.33 bits per heavy atom. The molecule has 8 heteroatoms. The number of nitrogens with zero attached hydrogens (tertiary/aromatic N) is 2. The summed E-state index contributed by atoms with van der Waals surface area (Å²) < 4.78 is 0. The maximum atomic E-state index is 12.8. The molecule has 2 amide bonds. The van der Waals surface area contributed by atoms with E-state index in [0.29, 0.717) is 31.2 Å². The van der Waals surface area contributed by atoms with Gasteiger partial charge in [0.05, 0.1) is 12.0 Å². The van der Waals surface area contributed by atoms with Crippen LogP contribution in [-0.2, 0) is 11.3 Å². The van der Waals surface area contributed by atoms with Crippen LogP contribution in [0.5, 0.6) is 0 Å². The van der Waals surface area contributed by atoms with Gasteiger partial charge in [0.15, 0.2) is 5.96 Å². The van der Waals surface area contributed by atoms with Gasteiger partial charge in [-0.15, -0.1) is 24.0 Å². The highest BCUT2D eigenvalue weighted by molar-refractivity contribution is 14.0. The molecule has 0 spiro atoms. The zero-order valence-electron chi connectivity index (χ0n) is 18.6.